The van der Waals surface area contributed by atoms with E-state index in [0.717, 1.165) is 0 Å². The van der Waals surface area contributed by atoms with E-state index in [0.29, 0.717) is 65.4 Å². The van der Waals surface area contributed by atoms with Crippen LogP contribution in [-0.4, -0.2) is 36.7 Å². The van der Waals surface area contributed by atoms with Gasteiger partial charge in [-0.1, -0.05) is 59.6 Å². The lowest BCUT2D eigenvalue weighted by atomic mass is 10.1. The Bertz CT molecular complexity index is 732. The number of carbonyl (C=O) groups is 2. The fraction of sp³-hybridized carbons (Fsp3) is 0.400. The molecule has 1 rings (SSSR count). The minimum Gasteiger partial charge on any atom is -0.461 e. The average Bonchev–Trinajstić information content (AvgIpc) is 2.69. The van der Waals surface area contributed by atoms with Gasteiger partial charge in [0, 0.05) is 45.3 Å². The van der Waals surface area contributed by atoms with Crippen LogP contribution in [0.3, 0.4) is 0 Å². The summed E-state index contributed by atoms with van der Waals surface area (Å²) in [6.45, 7) is 10.7. The third kappa shape index (κ3) is 8.56. The summed E-state index contributed by atoms with van der Waals surface area (Å²) in [6.07, 6.45) is 0. The van der Waals surface area contributed by atoms with Crippen molar-refractivity contribution in [2.24, 2.45) is 0 Å². The Morgan fingerprint density at radius 1 is 0.733 bits per heavy atom. The van der Waals surface area contributed by atoms with Crippen molar-refractivity contribution in [1.29, 1.82) is 0 Å². The van der Waals surface area contributed by atoms with Gasteiger partial charge in [0.1, 0.15) is 13.2 Å². The summed E-state index contributed by atoms with van der Waals surface area (Å²) in [6, 6.07) is 0. The van der Waals surface area contributed by atoms with Crippen molar-refractivity contribution in [2.45, 2.75) is 25.4 Å². The van der Waals surface area contributed by atoms with E-state index < -0.39 is 11.9 Å². The molecule has 0 aromatic heterocycles. The fourth-order valence-electron chi connectivity index (χ4n) is 1.96. The Labute approximate surface area is 205 Å². The second-order valence-corrected chi connectivity index (χ2v) is 9.87. The van der Waals surface area contributed by atoms with Crippen molar-refractivity contribution < 1.29 is 19.1 Å². The largest absolute Gasteiger partial charge is 0.461 e. The minimum absolute atomic E-state index is 0.248. The Morgan fingerprint density at radius 2 is 1.03 bits per heavy atom. The van der Waals surface area contributed by atoms with Gasteiger partial charge < -0.3 is 9.47 Å². The smallest absolute Gasteiger partial charge is 0.333 e. The Balaban J connectivity index is 2.63. The van der Waals surface area contributed by atoms with Crippen LogP contribution in [0.5, 0.6) is 0 Å². The van der Waals surface area contributed by atoms with Crippen LogP contribution in [0.4, 0.5) is 0 Å². The number of hydrogen-bond donors (Lipinski definition) is 0. The molecule has 0 bridgehead atoms. The van der Waals surface area contributed by atoms with Crippen molar-refractivity contribution in [3.05, 3.63) is 55.5 Å². The molecule has 1 aromatic carbocycles. The highest BCUT2D eigenvalue weighted by Crippen LogP contribution is 2.43. The molecule has 4 nitrogen and oxygen atoms in total. The molecule has 0 atom stereocenters. The van der Waals surface area contributed by atoms with Crippen LogP contribution in [0.25, 0.3) is 0 Å². The van der Waals surface area contributed by atoms with Gasteiger partial charge in [0.25, 0.3) is 0 Å². The number of benzene rings is 1. The molecule has 1 aromatic rings. The number of hydrogen-bond acceptors (Lipinski definition) is 6. The van der Waals surface area contributed by atoms with Gasteiger partial charge in [-0.15, -0.1) is 0 Å². The quantitative estimate of drug-likeness (QED) is 0.125. The number of thioether (sulfide) groups is 2. The molecule has 0 saturated heterocycles. The highest BCUT2D eigenvalue weighted by molar-refractivity contribution is 7.98. The first-order valence-electron chi connectivity index (χ1n) is 8.72. The van der Waals surface area contributed by atoms with Gasteiger partial charge in [-0.25, -0.2) is 9.59 Å². The number of carbonyl (C=O) groups excluding carboxylic acids is 2. The minimum atomic E-state index is -0.422. The molecule has 0 saturated carbocycles. The van der Waals surface area contributed by atoms with E-state index in [4.69, 9.17) is 55.9 Å². The standard InChI is InChI=1S/C20H22Cl4O4S2/c1-11(2)19(25)27-5-7-29-9-13-15(21)17(23)14(18(24)16(13)22)10-30-8-6-28-20(26)12(3)4/h1,3,5-10H2,2,4H3. The molecule has 0 heterocycles. The van der Waals surface area contributed by atoms with E-state index in [1.807, 2.05) is 0 Å². The lowest BCUT2D eigenvalue weighted by molar-refractivity contribution is -0.139. The van der Waals surface area contributed by atoms with Crippen LogP contribution in [0, 0.1) is 0 Å². The first-order valence-corrected chi connectivity index (χ1v) is 12.5. The topological polar surface area (TPSA) is 52.6 Å². The van der Waals surface area contributed by atoms with Crippen molar-refractivity contribution in [1.82, 2.24) is 0 Å². The second kappa shape index (κ2) is 13.8. The lowest BCUT2D eigenvalue weighted by Crippen LogP contribution is -2.08. The number of halogens is 4. The SMILES string of the molecule is C=C(C)C(=O)OCCSCc1c(Cl)c(Cl)c(CSCCOC(=O)C(=C)C)c(Cl)c1Cl. The third-order valence-electron chi connectivity index (χ3n) is 3.56. The normalized spacial score (nSPS) is 10.6. The summed E-state index contributed by atoms with van der Waals surface area (Å²) in [5.41, 5.74) is 1.97. The second-order valence-electron chi connectivity index (χ2n) is 6.15. The summed E-state index contributed by atoms with van der Waals surface area (Å²) >= 11 is 28.7. The zero-order valence-corrected chi connectivity index (χ0v) is 21.3. The molecule has 0 aliphatic carbocycles. The molecule has 0 spiro atoms. The van der Waals surface area contributed by atoms with E-state index in [-0.39, 0.29) is 13.2 Å². The molecule has 0 unspecified atom stereocenters. The van der Waals surface area contributed by atoms with Gasteiger partial charge in [0.15, 0.2) is 0 Å². The van der Waals surface area contributed by atoms with Gasteiger partial charge in [-0.2, -0.15) is 23.5 Å². The summed E-state index contributed by atoms with van der Waals surface area (Å²) in [7, 11) is 0. The summed E-state index contributed by atoms with van der Waals surface area (Å²) in [5, 5.41) is 1.40. The maximum Gasteiger partial charge on any atom is 0.333 e. The van der Waals surface area contributed by atoms with Crippen LogP contribution >= 0.6 is 69.9 Å². The zero-order valence-electron chi connectivity index (χ0n) is 16.6. The van der Waals surface area contributed by atoms with Gasteiger partial charge in [-0.05, 0) is 13.8 Å². The van der Waals surface area contributed by atoms with Crippen molar-refractivity contribution >= 4 is 81.9 Å². The van der Waals surface area contributed by atoms with Gasteiger partial charge in [0.2, 0.25) is 0 Å². The van der Waals surface area contributed by atoms with Crippen molar-refractivity contribution in [3.63, 3.8) is 0 Å². The van der Waals surface area contributed by atoms with Crippen LogP contribution in [0.15, 0.2) is 24.3 Å². The first kappa shape index (κ1) is 27.5. The number of esters is 2. The maximum atomic E-state index is 11.4. The highest BCUT2D eigenvalue weighted by Gasteiger charge is 2.20. The maximum absolute atomic E-state index is 11.4. The third-order valence-corrected chi connectivity index (χ3v) is 7.31. The van der Waals surface area contributed by atoms with Gasteiger partial charge in [0.05, 0.1) is 20.1 Å². The molecule has 0 radical (unpaired) electrons. The highest BCUT2D eigenvalue weighted by atomic mass is 35.5. The molecular formula is C20H22Cl4O4S2. The fourth-order valence-corrected chi connectivity index (χ4v) is 5.15. The van der Waals surface area contributed by atoms with Gasteiger partial charge >= 0.3 is 11.9 Å². The van der Waals surface area contributed by atoms with Crippen LogP contribution < -0.4 is 0 Å². The summed E-state index contributed by atoms with van der Waals surface area (Å²) < 4.78 is 10.1. The number of rotatable bonds is 12. The molecule has 0 amide bonds. The Morgan fingerprint density at radius 3 is 1.30 bits per heavy atom. The first-order chi connectivity index (χ1) is 14.1. The molecule has 10 heteroatoms. The van der Waals surface area contributed by atoms with Crippen LogP contribution in [-0.2, 0) is 30.6 Å². The molecule has 0 fully saturated rings. The lowest BCUT2D eigenvalue weighted by Gasteiger charge is -2.15. The Kier molecular flexibility index (Phi) is 12.7. The summed E-state index contributed by atoms with van der Waals surface area (Å²) in [5.74, 6) is 1.20. The van der Waals surface area contributed by atoms with E-state index in [2.05, 4.69) is 13.2 Å². The predicted octanol–water partition coefficient (Wildman–Crippen LogP) is 7.01. The van der Waals surface area contributed by atoms with E-state index in [1.165, 1.54) is 23.5 Å². The zero-order chi connectivity index (χ0) is 22.8. The van der Waals surface area contributed by atoms with E-state index >= 15 is 0 Å². The predicted molar refractivity (Wildman–Crippen MR) is 130 cm³/mol. The number of ether oxygens (including phenoxy) is 2. The van der Waals surface area contributed by atoms with Gasteiger partial charge in [-0.3, -0.25) is 0 Å². The summed E-state index contributed by atoms with van der Waals surface area (Å²) in [4.78, 5) is 22.7. The molecule has 0 aliphatic heterocycles. The van der Waals surface area contributed by atoms with E-state index in [9.17, 15) is 9.59 Å². The van der Waals surface area contributed by atoms with E-state index in [1.54, 1.807) is 13.8 Å². The van der Waals surface area contributed by atoms with Crippen molar-refractivity contribution in [3.8, 4) is 0 Å². The van der Waals surface area contributed by atoms with Crippen LogP contribution in [0.2, 0.25) is 20.1 Å². The molecular weight excluding hydrogens is 510 g/mol. The molecule has 30 heavy (non-hydrogen) atoms. The monoisotopic (exact) mass is 530 g/mol. The molecule has 166 valence electrons. The van der Waals surface area contributed by atoms with Crippen molar-refractivity contribution in [2.75, 3.05) is 24.7 Å². The molecule has 0 aliphatic rings. The Hall–Kier alpha value is -0.500. The molecule has 0 N–H and O–H groups in total. The average molecular weight is 532 g/mol. The van der Waals surface area contributed by atoms with Crippen LogP contribution in [0.1, 0.15) is 25.0 Å².